The molecular formula is C22H19F7N4O5. The highest BCUT2D eigenvalue weighted by molar-refractivity contribution is 6.07. The number of fused-ring (bicyclic) bond motifs is 1. The number of benzene rings is 1. The summed E-state index contributed by atoms with van der Waals surface area (Å²) in [7, 11) is 1.34. The highest BCUT2D eigenvalue weighted by atomic mass is 19.4. The van der Waals surface area contributed by atoms with Gasteiger partial charge in [-0.1, -0.05) is 12.1 Å². The van der Waals surface area contributed by atoms with E-state index in [1.165, 1.54) is 26.2 Å². The number of aryl methyl sites for hydroxylation is 1. The molecule has 38 heavy (non-hydrogen) atoms. The van der Waals surface area contributed by atoms with Crippen LogP contribution in [0.2, 0.25) is 0 Å². The first kappa shape index (κ1) is 28.5. The van der Waals surface area contributed by atoms with Crippen LogP contribution in [0.15, 0.2) is 33.8 Å². The van der Waals surface area contributed by atoms with Gasteiger partial charge in [-0.05, 0) is 31.9 Å². The summed E-state index contributed by atoms with van der Waals surface area (Å²) in [4.78, 5) is 36.5. The third kappa shape index (κ3) is 5.15. The summed E-state index contributed by atoms with van der Waals surface area (Å²) in [5.41, 5.74) is 5.41. The first-order chi connectivity index (χ1) is 17.6. The van der Waals surface area contributed by atoms with Crippen LogP contribution in [0.5, 0.6) is 5.75 Å². The van der Waals surface area contributed by atoms with Crippen LogP contribution in [0.4, 0.5) is 30.7 Å². The molecule has 1 aromatic carbocycles. The summed E-state index contributed by atoms with van der Waals surface area (Å²) in [6, 6.07) is 6.13. The standard InChI is InChI=1S/C22H19F7N4O5/c1-10-15-12(30-33-19(36)20(23,24)21(25,26)22(27,28)29)7-5-9-14(15)38-16(10)18(35)32-31-17(34)11-6-3-4-8-13(11)37-2/h3-4,6,8H,5,7,9H2,1-2H3,(H,31,34)(H,32,35)(H,33,36)/b30-12+. The average molecular weight is 552 g/mol. The van der Waals surface area contributed by atoms with E-state index in [0.29, 0.717) is 0 Å². The number of carbonyl (C=O) groups is 3. The SMILES string of the molecule is COc1ccccc1C(=O)NNC(=O)c1oc2c(c1C)/C(=N/NC(=O)C(F)(F)C(F)(F)C(F)(F)F)CCC2. The lowest BCUT2D eigenvalue weighted by molar-refractivity contribution is -0.344. The van der Waals surface area contributed by atoms with Gasteiger partial charge in [-0.15, -0.1) is 0 Å². The lowest BCUT2D eigenvalue weighted by Crippen LogP contribution is -2.58. The Balaban J connectivity index is 1.78. The highest BCUT2D eigenvalue weighted by Gasteiger charge is 2.76. The number of ether oxygens (including phenoxy) is 1. The fourth-order valence-electron chi connectivity index (χ4n) is 3.58. The Hall–Kier alpha value is -4.11. The third-order valence-electron chi connectivity index (χ3n) is 5.50. The van der Waals surface area contributed by atoms with Gasteiger partial charge >= 0.3 is 29.8 Å². The molecule has 3 N–H and O–H groups in total. The number of alkyl halides is 7. The molecule has 206 valence electrons. The van der Waals surface area contributed by atoms with Gasteiger partial charge in [0.2, 0.25) is 0 Å². The number of amides is 3. The monoisotopic (exact) mass is 552 g/mol. The van der Waals surface area contributed by atoms with E-state index in [-0.39, 0.29) is 58.9 Å². The summed E-state index contributed by atoms with van der Waals surface area (Å²) in [6.45, 7) is 1.36. The molecule has 1 heterocycles. The van der Waals surface area contributed by atoms with Gasteiger partial charge in [-0.25, -0.2) is 5.43 Å². The van der Waals surface area contributed by atoms with Crippen LogP contribution in [0.25, 0.3) is 0 Å². The number of nitrogens with zero attached hydrogens (tertiary/aromatic N) is 1. The molecule has 1 aliphatic rings. The molecule has 2 aromatic rings. The number of nitrogens with one attached hydrogen (secondary N) is 3. The number of para-hydroxylation sites is 1. The van der Waals surface area contributed by atoms with E-state index in [2.05, 4.69) is 16.0 Å². The number of furan rings is 1. The fraction of sp³-hybridized carbons (Fsp3) is 0.364. The smallest absolute Gasteiger partial charge is 0.460 e. The third-order valence-corrected chi connectivity index (χ3v) is 5.50. The maximum atomic E-state index is 13.6. The van der Waals surface area contributed by atoms with Crippen molar-refractivity contribution in [2.45, 2.75) is 44.2 Å². The Labute approximate surface area is 209 Å². The largest absolute Gasteiger partial charge is 0.496 e. The molecule has 9 nitrogen and oxygen atoms in total. The van der Waals surface area contributed by atoms with E-state index >= 15 is 0 Å². The second kappa shape index (κ2) is 10.3. The van der Waals surface area contributed by atoms with E-state index in [0.717, 1.165) is 5.43 Å². The van der Waals surface area contributed by atoms with Crippen molar-refractivity contribution in [1.82, 2.24) is 16.3 Å². The van der Waals surface area contributed by atoms with Gasteiger partial charge in [0.05, 0.1) is 18.4 Å². The summed E-state index contributed by atoms with van der Waals surface area (Å²) in [5.74, 6) is -17.4. The van der Waals surface area contributed by atoms with Gasteiger partial charge in [0.15, 0.2) is 5.76 Å². The number of methoxy groups -OCH3 is 1. The van der Waals surface area contributed by atoms with Crippen molar-refractivity contribution < 1.29 is 54.3 Å². The van der Waals surface area contributed by atoms with Crippen molar-refractivity contribution in [2.24, 2.45) is 5.10 Å². The summed E-state index contributed by atoms with van der Waals surface area (Å²) in [5, 5.41) is 3.31. The van der Waals surface area contributed by atoms with Gasteiger partial charge in [0, 0.05) is 17.5 Å². The van der Waals surface area contributed by atoms with E-state index in [4.69, 9.17) is 9.15 Å². The van der Waals surface area contributed by atoms with Crippen LogP contribution < -0.4 is 21.0 Å². The predicted octanol–water partition coefficient (Wildman–Crippen LogP) is 3.66. The molecule has 0 atom stereocenters. The summed E-state index contributed by atoms with van der Waals surface area (Å²) >= 11 is 0. The fourth-order valence-corrected chi connectivity index (χ4v) is 3.58. The predicted molar refractivity (Wildman–Crippen MR) is 115 cm³/mol. The molecular weight excluding hydrogens is 533 g/mol. The quantitative estimate of drug-likeness (QED) is 0.373. The first-order valence-corrected chi connectivity index (χ1v) is 10.7. The minimum atomic E-state index is -6.69. The maximum Gasteiger partial charge on any atom is 0.460 e. The van der Waals surface area contributed by atoms with Crippen LogP contribution >= 0.6 is 0 Å². The Bertz CT molecular complexity index is 1290. The van der Waals surface area contributed by atoms with Gasteiger partial charge < -0.3 is 9.15 Å². The van der Waals surface area contributed by atoms with E-state index in [1.54, 1.807) is 12.1 Å². The molecule has 3 amide bonds. The Morgan fingerprint density at radius 1 is 0.974 bits per heavy atom. The molecule has 1 aromatic heterocycles. The Morgan fingerprint density at radius 2 is 1.61 bits per heavy atom. The molecule has 0 bridgehead atoms. The molecule has 0 fully saturated rings. The molecule has 0 saturated carbocycles. The number of hydrazine groups is 1. The zero-order valence-electron chi connectivity index (χ0n) is 19.6. The highest BCUT2D eigenvalue weighted by Crippen LogP contribution is 2.46. The van der Waals surface area contributed by atoms with Crippen LogP contribution in [0.3, 0.4) is 0 Å². The molecule has 0 spiro atoms. The second-order valence-electron chi connectivity index (χ2n) is 7.96. The number of hydrogen-bond acceptors (Lipinski definition) is 6. The van der Waals surface area contributed by atoms with Crippen molar-refractivity contribution in [3.05, 3.63) is 52.5 Å². The molecule has 0 unspecified atom stereocenters. The van der Waals surface area contributed by atoms with Gasteiger partial charge in [0.1, 0.15) is 11.5 Å². The summed E-state index contributed by atoms with van der Waals surface area (Å²) < 4.78 is 101. The average Bonchev–Trinajstić information content (AvgIpc) is 3.21. The summed E-state index contributed by atoms with van der Waals surface area (Å²) in [6.07, 6.45) is -6.22. The van der Waals surface area contributed by atoms with Gasteiger partial charge in [0.25, 0.3) is 5.91 Å². The molecule has 16 heteroatoms. The van der Waals surface area contributed by atoms with Crippen molar-refractivity contribution >= 4 is 23.4 Å². The van der Waals surface area contributed by atoms with Crippen LogP contribution in [0, 0.1) is 6.92 Å². The van der Waals surface area contributed by atoms with E-state index in [1.807, 2.05) is 0 Å². The Morgan fingerprint density at radius 3 is 2.24 bits per heavy atom. The molecule has 0 radical (unpaired) electrons. The van der Waals surface area contributed by atoms with Crippen LogP contribution in [-0.2, 0) is 11.2 Å². The minimum absolute atomic E-state index is 0.0134. The molecule has 0 saturated heterocycles. The normalized spacial score (nSPS) is 15.0. The number of halogens is 7. The molecule has 0 aliphatic heterocycles. The zero-order valence-corrected chi connectivity index (χ0v) is 19.6. The van der Waals surface area contributed by atoms with Crippen molar-refractivity contribution in [3.63, 3.8) is 0 Å². The van der Waals surface area contributed by atoms with Gasteiger partial charge in [-0.3, -0.25) is 25.2 Å². The number of carbonyl (C=O) groups excluding carboxylic acids is 3. The van der Waals surface area contributed by atoms with Crippen LogP contribution in [-0.4, -0.2) is 48.6 Å². The van der Waals surface area contributed by atoms with Crippen molar-refractivity contribution in [3.8, 4) is 5.75 Å². The maximum absolute atomic E-state index is 13.6. The second-order valence-corrected chi connectivity index (χ2v) is 7.96. The van der Waals surface area contributed by atoms with Crippen molar-refractivity contribution in [1.29, 1.82) is 0 Å². The number of rotatable bonds is 6. The molecule has 3 rings (SSSR count). The number of hydrogen-bond donors (Lipinski definition) is 3. The van der Waals surface area contributed by atoms with Crippen LogP contribution in [0.1, 0.15) is 50.6 Å². The Kier molecular flexibility index (Phi) is 7.74. The lowest BCUT2D eigenvalue weighted by atomic mass is 9.93. The lowest BCUT2D eigenvalue weighted by Gasteiger charge is -2.26. The van der Waals surface area contributed by atoms with Crippen molar-refractivity contribution in [2.75, 3.05) is 7.11 Å². The zero-order chi connectivity index (χ0) is 28.5. The molecule has 1 aliphatic carbocycles. The van der Waals surface area contributed by atoms with Gasteiger partial charge in [-0.2, -0.15) is 35.8 Å². The minimum Gasteiger partial charge on any atom is -0.496 e. The number of hydrazone groups is 1. The topological polar surface area (TPSA) is 122 Å². The first-order valence-electron chi connectivity index (χ1n) is 10.7. The van der Waals surface area contributed by atoms with E-state index in [9.17, 15) is 45.1 Å². The van der Waals surface area contributed by atoms with E-state index < -0.39 is 35.7 Å².